The van der Waals surface area contributed by atoms with Crippen LogP contribution in [0.25, 0.3) is 32.9 Å². The van der Waals surface area contributed by atoms with E-state index in [4.69, 9.17) is 19.4 Å². The third-order valence-corrected chi connectivity index (χ3v) is 12.0. The number of nitrogens with zero attached hydrogens (tertiary/aromatic N) is 6. The summed E-state index contributed by atoms with van der Waals surface area (Å²) >= 11 is 0. The first-order valence-corrected chi connectivity index (χ1v) is 18.5. The number of hydrogen-bond donors (Lipinski definition) is 1. The van der Waals surface area contributed by atoms with Gasteiger partial charge in [0.05, 0.1) is 24.9 Å². The van der Waals surface area contributed by atoms with Crippen molar-refractivity contribution < 1.29 is 23.0 Å². The quantitative estimate of drug-likeness (QED) is 0.195. The van der Waals surface area contributed by atoms with Crippen LogP contribution in [0.2, 0.25) is 0 Å². The number of carbonyl (C=O) groups is 1. The number of piperidine rings is 1. The number of aryl methyl sites for hydroxylation is 1. The minimum atomic E-state index is -2.61. The van der Waals surface area contributed by atoms with Gasteiger partial charge in [0.15, 0.2) is 5.75 Å². The number of anilines is 1. The number of alkyl halides is 2. The SMILES string of the molecule is C=CC(=O)N1CC2(CCN(c3nc(OC4CC(N5CCC(F)(F)C5)C4)nc4c(OCC)c(-c5c(C)ccc6[nH]ncc56)c(C5CC5)cc34)CC2)C1. The Bertz CT molecular complexity index is 2020. The number of fused-ring (bicyclic) bond motifs is 2. The van der Waals surface area contributed by atoms with Gasteiger partial charge in [-0.15, -0.1) is 0 Å². The molecule has 1 N–H and O–H groups in total. The third-order valence-electron chi connectivity index (χ3n) is 12.0. The van der Waals surface area contributed by atoms with Gasteiger partial charge in [0.2, 0.25) is 5.91 Å². The van der Waals surface area contributed by atoms with Crippen molar-refractivity contribution in [2.24, 2.45) is 5.41 Å². The van der Waals surface area contributed by atoms with Crippen LogP contribution in [0.3, 0.4) is 0 Å². The lowest BCUT2D eigenvalue weighted by atomic mass is 9.72. The lowest BCUT2D eigenvalue weighted by molar-refractivity contribution is -0.139. The molecule has 0 bridgehead atoms. The van der Waals surface area contributed by atoms with Crippen LogP contribution < -0.4 is 14.4 Å². The number of benzene rings is 2. The molecule has 0 atom stereocenters. The third kappa shape index (κ3) is 5.70. The Labute approximate surface area is 296 Å². The molecular weight excluding hydrogens is 652 g/mol. The fourth-order valence-corrected chi connectivity index (χ4v) is 8.94. The van der Waals surface area contributed by atoms with Crippen molar-refractivity contribution in [3.8, 4) is 22.9 Å². The fraction of sp³-hybridized carbons (Fsp3) is 0.538. The van der Waals surface area contributed by atoms with E-state index in [2.05, 4.69) is 46.8 Å². The molecule has 2 aliphatic carbocycles. The minimum Gasteiger partial charge on any atom is -0.491 e. The van der Waals surface area contributed by atoms with E-state index in [-0.39, 0.29) is 36.4 Å². The first-order valence-electron chi connectivity index (χ1n) is 18.5. The fourth-order valence-electron chi connectivity index (χ4n) is 8.94. The molecule has 4 aromatic rings. The topological polar surface area (TPSA) is 99.7 Å². The summed E-state index contributed by atoms with van der Waals surface area (Å²) < 4.78 is 41.1. The summed E-state index contributed by atoms with van der Waals surface area (Å²) in [5.74, 6) is -0.631. The molecule has 1 spiro atoms. The number of amides is 1. The number of aromatic nitrogens is 4. The zero-order valence-corrected chi connectivity index (χ0v) is 29.4. The zero-order chi connectivity index (χ0) is 35.1. The van der Waals surface area contributed by atoms with Crippen molar-refractivity contribution in [2.75, 3.05) is 50.8 Å². The van der Waals surface area contributed by atoms with Crippen molar-refractivity contribution in [3.05, 3.63) is 48.2 Å². The van der Waals surface area contributed by atoms with Crippen molar-refractivity contribution >= 4 is 33.5 Å². The largest absolute Gasteiger partial charge is 0.491 e. The van der Waals surface area contributed by atoms with Crippen molar-refractivity contribution in [1.82, 2.24) is 30.0 Å². The first kappa shape index (κ1) is 32.6. The summed E-state index contributed by atoms with van der Waals surface area (Å²) in [5.41, 5.74) is 6.35. The summed E-state index contributed by atoms with van der Waals surface area (Å²) in [6.07, 6.45) is 8.54. The molecule has 2 saturated carbocycles. The second kappa shape index (κ2) is 12.1. The number of hydrogen-bond acceptors (Lipinski definition) is 8. The molecular formula is C39H45F2N7O3. The molecule has 5 heterocycles. The van der Waals surface area contributed by atoms with E-state index < -0.39 is 5.92 Å². The highest BCUT2D eigenvalue weighted by Crippen LogP contribution is 2.53. The lowest BCUT2D eigenvalue weighted by Crippen LogP contribution is -2.61. The van der Waals surface area contributed by atoms with Crippen molar-refractivity contribution in [1.29, 1.82) is 0 Å². The maximum Gasteiger partial charge on any atom is 0.319 e. The number of carbonyl (C=O) groups excluding carboxylic acids is 1. The molecule has 3 saturated heterocycles. The van der Waals surface area contributed by atoms with Crippen LogP contribution in [-0.2, 0) is 4.79 Å². The van der Waals surface area contributed by atoms with E-state index in [1.54, 1.807) is 0 Å². The minimum absolute atomic E-state index is 0.00321. The van der Waals surface area contributed by atoms with Gasteiger partial charge < -0.3 is 19.3 Å². The Morgan fingerprint density at radius 2 is 1.84 bits per heavy atom. The summed E-state index contributed by atoms with van der Waals surface area (Å²) in [5, 5.41) is 9.53. The number of ether oxygens (including phenoxy) is 2. The van der Waals surface area contributed by atoms with Gasteiger partial charge in [-0.25, -0.2) is 8.78 Å². The number of halogens is 2. The maximum absolute atomic E-state index is 14.0. The predicted octanol–water partition coefficient (Wildman–Crippen LogP) is 6.62. The van der Waals surface area contributed by atoms with Gasteiger partial charge in [-0.05, 0) is 80.3 Å². The van der Waals surface area contributed by atoms with Crippen LogP contribution in [0.5, 0.6) is 11.8 Å². The number of nitrogens with one attached hydrogen (secondary N) is 1. The molecule has 12 heteroatoms. The molecule has 10 nitrogen and oxygen atoms in total. The lowest BCUT2D eigenvalue weighted by Gasteiger charge is -2.54. The van der Waals surface area contributed by atoms with E-state index in [9.17, 15) is 13.6 Å². The van der Waals surface area contributed by atoms with Gasteiger partial charge in [0, 0.05) is 79.8 Å². The van der Waals surface area contributed by atoms with Crippen LogP contribution in [0.1, 0.15) is 68.9 Å². The van der Waals surface area contributed by atoms with Gasteiger partial charge in [-0.1, -0.05) is 12.6 Å². The molecule has 1 amide bonds. The van der Waals surface area contributed by atoms with Crippen molar-refractivity contribution in [2.45, 2.75) is 82.8 Å². The van der Waals surface area contributed by atoms with Gasteiger partial charge >= 0.3 is 6.01 Å². The Morgan fingerprint density at radius 3 is 2.53 bits per heavy atom. The number of rotatable bonds is 9. The highest BCUT2D eigenvalue weighted by atomic mass is 19.3. The Kier molecular flexibility index (Phi) is 7.75. The van der Waals surface area contributed by atoms with E-state index in [0.717, 1.165) is 102 Å². The molecule has 2 aromatic heterocycles. The number of likely N-dealkylation sites (tertiary alicyclic amines) is 2. The first-order chi connectivity index (χ1) is 24.6. The zero-order valence-electron chi connectivity index (χ0n) is 29.4. The van der Waals surface area contributed by atoms with Crippen molar-refractivity contribution in [3.63, 3.8) is 0 Å². The molecule has 5 aliphatic rings. The molecule has 51 heavy (non-hydrogen) atoms. The second-order valence-corrected chi connectivity index (χ2v) is 15.5. The Hall–Kier alpha value is -4.32. The predicted molar refractivity (Wildman–Crippen MR) is 192 cm³/mol. The van der Waals surface area contributed by atoms with Crippen LogP contribution in [0, 0.1) is 12.3 Å². The standard InChI is InChI=1S/C39H45F2N7O3/c1-4-31(49)48-20-38(21-48)10-13-46(14-11-38)36-28-18-27(24-7-8-24)33(32-23(3)6-9-30-29(32)19-42-45-30)35(50-5-2)34(28)43-37(44-36)51-26-16-25(17-26)47-15-12-39(40,41)22-47/h4,6,9,18-19,24-26H,1,5,7-8,10-17,20-22H2,2-3H3,(H,42,45). The maximum atomic E-state index is 14.0. The number of aromatic amines is 1. The molecule has 0 unspecified atom stereocenters. The average molecular weight is 698 g/mol. The molecule has 2 aromatic carbocycles. The molecule has 268 valence electrons. The van der Waals surface area contributed by atoms with Gasteiger partial charge in [0.1, 0.15) is 17.4 Å². The van der Waals surface area contributed by atoms with E-state index in [1.807, 2.05) is 22.9 Å². The van der Waals surface area contributed by atoms with Gasteiger partial charge in [0.25, 0.3) is 5.92 Å². The van der Waals surface area contributed by atoms with Crippen LogP contribution in [0.15, 0.2) is 37.1 Å². The number of H-pyrrole nitrogens is 1. The molecule has 5 fully saturated rings. The van der Waals surface area contributed by atoms with Crippen LogP contribution in [0.4, 0.5) is 14.6 Å². The van der Waals surface area contributed by atoms with Gasteiger partial charge in [-0.2, -0.15) is 15.1 Å². The smallest absolute Gasteiger partial charge is 0.319 e. The summed E-state index contributed by atoms with van der Waals surface area (Å²) in [4.78, 5) is 28.6. The Morgan fingerprint density at radius 1 is 1.06 bits per heavy atom. The molecule has 9 rings (SSSR count). The highest BCUT2D eigenvalue weighted by Gasteiger charge is 2.47. The second-order valence-electron chi connectivity index (χ2n) is 15.5. The van der Waals surface area contributed by atoms with Gasteiger partial charge in [-0.3, -0.25) is 14.8 Å². The normalized spacial score (nSPS) is 24.2. The van der Waals surface area contributed by atoms with E-state index >= 15 is 0 Å². The Balaban J connectivity index is 1.12. The van der Waals surface area contributed by atoms with Crippen LogP contribution >= 0.6 is 0 Å². The van der Waals surface area contributed by atoms with E-state index in [0.29, 0.717) is 37.9 Å². The summed E-state index contributed by atoms with van der Waals surface area (Å²) in [7, 11) is 0. The monoisotopic (exact) mass is 697 g/mol. The highest BCUT2D eigenvalue weighted by molar-refractivity contribution is 6.06. The molecule has 0 radical (unpaired) electrons. The molecule has 3 aliphatic heterocycles. The summed E-state index contributed by atoms with van der Waals surface area (Å²) in [6, 6.07) is 6.88. The summed E-state index contributed by atoms with van der Waals surface area (Å²) in [6.45, 7) is 11.6. The average Bonchev–Trinajstić information content (AvgIpc) is 3.72. The van der Waals surface area contributed by atoms with Crippen LogP contribution in [-0.4, -0.2) is 99.8 Å². The van der Waals surface area contributed by atoms with E-state index in [1.165, 1.54) is 11.6 Å².